The molecule has 0 spiro atoms. The molecular weight excluding hydrogens is 397 g/mol. The maximum absolute atomic E-state index is 13.0. The largest absolute Gasteiger partial charge is 0.416 e. The number of aryl methyl sites for hydroxylation is 1. The molecule has 158 valence electrons. The summed E-state index contributed by atoms with van der Waals surface area (Å²) in [6.07, 6.45) is -1.18. The van der Waals surface area contributed by atoms with Gasteiger partial charge in [0.2, 0.25) is 0 Å². The van der Waals surface area contributed by atoms with Crippen LogP contribution < -0.4 is 10.6 Å². The lowest BCUT2D eigenvalue weighted by molar-refractivity contribution is -0.137. The zero-order chi connectivity index (χ0) is 21.9. The summed E-state index contributed by atoms with van der Waals surface area (Å²) in [5.74, 6) is -1.23. The summed E-state index contributed by atoms with van der Waals surface area (Å²) in [5.41, 5.74) is 0.303. The Balaban J connectivity index is 1.96. The molecule has 0 saturated heterocycles. The molecule has 6 nitrogen and oxygen atoms in total. The van der Waals surface area contributed by atoms with Crippen molar-refractivity contribution in [2.75, 3.05) is 11.9 Å². The Morgan fingerprint density at radius 2 is 1.90 bits per heavy atom. The first kappa shape index (κ1) is 21.4. The summed E-state index contributed by atoms with van der Waals surface area (Å²) in [6.45, 7) is 4.29. The van der Waals surface area contributed by atoms with Gasteiger partial charge in [0.15, 0.2) is 11.5 Å². The summed E-state index contributed by atoms with van der Waals surface area (Å²) < 4.78 is 40.4. The number of rotatable bonds is 6. The van der Waals surface area contributed by atoms with E-state index >= 15 is 0 Å². The molecule has 0 aliphatic heterocycles. The molecule has 3 rings (SSSR count). The Bertz CT molecular complexity index is 1090. The second-order valence-electron chi connectivity index (χ2n) is 6.89. The highest BCUT2D eigenvalue weighted by molar-refractivity contribution is 6.08. The van der Waals surface area contributed by atoms with Crippen molar-refractivity contribution in [1.29, 1.82) is 0 Å². The summed E-state index contributed by atoms with van der Waals surface area (Å²) in [7, 11) is 0. The van der Waals surface area contributed by atoms with Gasteiger partial charge < -0.3 is 10.6 Å². The number of pyridine rings is 1. The van der Waals surface area contributed by atoms with Crippen LogP contribution in [0, 0.1) is 6.92 Å². The SMILES string of the molecule is CCCCNC(=O)c1c(NC(=O)c2cccc(C(F)(F)F)c2)nc2ccc(C)cn12. The number of anilines is 1. The lowest BCUT2D eigenvalue weighted by atomic mass is 10.1. The molecule has 0 aliphatic carbocycles. The number of imidazole rings is 1. The predicted molar refractivity (Wildman–Crippen MR) is 107 cm³/mol. The van der Waals surface area contributed by atoms with E-state index in [1.165, 1.54) is 6.07 Å². The van der Waals surface area contributed by atoms with E-state index in [9.17, 15) is 22.8 Å². The molecule has 30 heavy (non-hydrogen) atoms. The molecule has 0 aliphatic rings. The van der Waals surface area contributed by atoms with Crippen molar-refractivity contribution in [2.24, 2.45) is 0 Å². The number of nitrogens with zero attached hydrogens (tertiary/aromatic N) is 2. The number of hydrogen-bond donors (Lipinski definition) is 2. The van der Waals surface area contributed by atoms with Crippen molar-refractivity contribution in [3.63, 3.8) is 0 Å². The van der Waals surface area contributed by atoms with Crippen LogP contribution >= 0.6 is 0 Å². The zero-order valence-corrected chi connectivity index (χ0v) is 16.5. The van der Waals surface area contributed by atoms with E-state index in [1.807, 2.05) is 13.8 Å². The third-order valence-electron chi connectivity index (χ3n) is 4.48. The fourth-order valence-electron chi connectivity index (χ4n) is 2.93. The second-order valence-corrected chi connectivity index (χ2v) is 6.89. The Morgan fingerprint density at radius 3 is 2.60 bits per heavy atom. The first-order valence-corrected chi connectivity index (χ1v) is 9.46. The average molecular weight is 418 g/mol. The summed E-state index contributed by atoms with van der Waals surface area (Å²) in [6, 6.07) is 7.57. The number of carbonyl (C=O) groups excluding carboxylic acids is 2. The number of halogens is 3. The highest BCUT2D eigenvalue weighted by atomic mass is 19.4. The minimum absolute atomic E-state index is 0.0167. The molecule has 2 N–H and O–H groups in total. The molecule has 0 radical (unpaired) electrons. The Morgan fingerprint density at radius 1 is 1.13 bits per heavy atom. The van der Waals surface area contributed by atoms with E-state index in [2.05, 4.69) is 15.6 Å². The fourth-order valence-corrected chi connectivity index (χ4v) is 2.93. The molecule has 9 heteroatoms. The number of alkyl halides is 3. The standard InChI is InChI=1S/C21H21F3N4O2/c1-3-4-10-25-20(30)17-18(26-16-9-8-13(2)12-28(16)17)27-19(29)14-6-5-7-15(11-14)21(22,23)24/h5-9,11-12H,3-4,10H2,1-2H3,(H,25,30)(H,27,29). The van der Waals surface area contributed by atoms with Gasteiger partial charge in [0.25, 0.3) is 11.8 Å². The number of carbonyl (C=O) groups is 2. The van der Waals surface area contributed by atoms with Crippen LogP contribution in [-0.4, -0.2) is 27.7 Å². The van der Waals surface area contributed by atoms with E-state index in [1.54, 1.807) is 22.7 Å². The van der Waals surface area contributed by atoms with Gasteiger partial charge in [0, 0.05) is 18.3 Å². The highest BCUT2D eigenvalue weighted by Gasteiger charge is 2.31. The molecule has 2 amide bonds. The predicted octanol–water partition coefficient (Wildman–Crippen LogP) is 4.44. The number of amides is 2. The third kappa shape index (κ3) is 4.61. The van der Waals surface area contributed by atoms with Crippen molar-refractivity contribution in [2.45, 2.75) is 32.9 Å². The molecule has 2 aromatic heterocycles. The Kier molecular flexibility index (Phi) is 6.09. The van der Waals surface area contributed by atoms with E-state index in [-0.39, 0.29) is 17.1 Å². The van der Waals surface area contributed by atoms with Gasteiger partial charge in [0.1, 0.15) is 5.65 Å². The molecule has 0 atom stereocenters. The lowest BCUT2D eigenvalue weighted by Gasteiger charge is -2.10. The average Bonchev–Trinajstić information content (AvgIpc) is 3.04. The maximum Gasteiger partial charge on any atom is 0.416 e. The zero-order valence-electron chi connectivity index (χ0n) is 16.5. The number of benzene rings is 1. The van der Waals surface area contributed by atoms with Crippen LogP contribution in [0.4, 0.5) is 19.0 Å². The first-order valence-electron chi connectivity index (χ1n) is 9.46. The van der Waals surface area contributed by atoms with Gasteiger partial charge in [-0.3, -0.25) is 14.0 Å². The number of fused-ring (bicyclic) bond motifs is 1. The van der Waals surface area contributed by atoms with Crippen molar-refractivity contribution in [1.82, 2.24) is 14.7 Å². The van der Waals surface area contributed by atoms with Gasteiger partial charge in [0.05, 0.1) is 5.56 Å². The van der Waals surface area contributed by atoms with Gasteiger partial charge in [-0.1, -0.05) is 25.5 Å². The van der Waals surface area contributed by atoms with Crippen LogP contribution in [-0.2, 0) is 6.18 Å². The van der Waals surface area contributed by atoms with Gasteiger partial charge >= 0.3 is 6.18 Å². The van der Waals surface area contributed by atoms with Crippen molar-refractivity contribution in [3.8, 4) is 0 Å². The molecule has 3 aromatic rings. The minimum Gasteiger partial charge on any atom is -0.351 e. The van der Waals surface area contributed by atoms with Crippen molar-refractivity contribution >= 4 is 23.3 Å². The second kappa shape index (κ2) is 8.56. The van der Waals surface area contributed by atoms with Crippen LogP contribution in [0.1, 0.15) is 51.7 Å². The Hall–Kier alpha value is -3.36. The highest BCUT2D eigenvalue weighted by Crippen LogP contribution is 2.30. The molecular formula is C21H21F3N4O2. The van der Waals surface area contributed by atoms with Crippen LogP contribution in [0.15, 0.2) is 42.6 Å². The van der Waals surface area contributed by atoms with E-state index in [0.29, 0.717) is 12.2 Å². The van der Waals surface area contributed by atoms with Gasteiger partial charge in [-0.2, -0.15) is 13.2 Å². The van der Waals surface area contributed by atoms with Crippen LogP contribution in [0.3, 0.4) is 0 Å². The maximum atomic E-state index is 13.0. The van der Waals surface area contributed by atoms with E-state index in [0.717, 1.165) is 36.6 Å². The minimum atomic E-state index is -4.57. The summed E-state index contributed by atoms with van der Waals surface area (Å²) >= 11 is 0. The fraction of sp³-hybridized carbons (Fsp3) is 0.286. The summed E-state index contributed by atoms with van der Waals surface area (Å²) in [4.78, 5) is 29.7. The van der Waals surface area contributed by atoms with E-state index in [4.69, 9.17) is 0 Å². The number of unbranched alkanes of at least 4 members (excludes halogenated alkanes) is 1. The lowest BCUT2D eigenvalue weighted by Crippen LogP contribution is -2.27. The van der Waals surface area contributed by atoms with Crippen molar-refractivity contribution < 1.29 is 22.8 Å². The van der Waals surface area contributed by atoms with Gasteiger partial charge in [-0.05, 0) is 43.2 Å². The van der Waals surface area contributed by atoms with Gasteiger partial charge in [-0.25, -0.2) is 4.98 Å². The molecule has 0 saturated carbocycles. The molecule has 2 heterocycles. The normalized spacial score (nSPS) is 11.5. The molecule has 0 bridgehead atoms. The molecule has 1 aromatic carbocycles. The first-order chi connectivity index (χ1) is 14.2. The smallest absolute Gasteiger partial charge is 0.351 e. The van der Waals surface area contributed by atoms with Crippen LogP contribution in [0.5, 0.6) is 0 Å². The number of nitrogens with one attached hydrogen (secondary N) is 2. The van der Waals surface area contributed by atoms with E-state index < -0.39 is 23.6 Å². The molecule has 0 unspecified atom stereocenters. The van der Waals surface area contributed by atoms with Crippen LogP contribution in [0.25, 0.3) is 5.65 Å². The third-order valence-corrected chi connectivity index (χ3v) is 4.48. The van der Waals surface area contributed by atoms with Crippen molar-refractivity contribution in [3.05, 3.63) is 65.0 Å². The monoisotopic (exact) mass is 418 g/mol. The molecule has 0 fully saturated rings. The van der Waals surface area contributed by atoms with Gasteiger partial charge in [-0.15, -0.1) is 0 Å². The van der Waals surface area contributed by atoms with Crippen LogP contribution in [0.2, 0.25) is 0 Å². The quantitative estimate of drug-likeness (QED) is 0.581. The summed E-state index contributed by atoms with van der Waals surface area (Å²) in [5, 5.41) is 5.27. The number of aromatic nitrogens is 2. The Labute approximate surface area is 171 Å². The number of hydrogen-bond acceptors (Lipinski definition) is 3. The topological polar surface area (TPSA) is 75.5 Å².